The van der Waals surface area contributed by atoms with Gasteiger partial charge in [-0.15, -0.1) is 0 Å². The summed E-state index contributed by atoms with van der Waals surface area (Å²) in [5.41, 5.74) is -0.781. The summed E-state index contributed by atoms with van der Waals surface area (Å²) in [5.74, 6) is -1.15. The molecule has 1 aliphatic rings. The van der Waals surface area contributed by atoms with Crippen LogP contribution >= 0.6 is 0 Å². The number of benzene rings is 2. The number of rotatable bonds is 3. The highest BCUT2D eigenvalue weighted by atomic mass is 19.4. The van der Waals surface area contributed by atoms with Crippen LogP contribution in [0.5, 0.6) is 0 Å². The Morgan fingerprint density at radius 3 is 2.65 bits per heavy atom. The second kappa shape index (κ2) is 6.48. The van der Waals surface area contributed by atoms with Gasteiger partial charge in [-0.2, -0.15) is 13.2 Å². The van der Waals surface area contributed by atoms with Crippen LogP contribution in [-0.2, 0) is 28.7 Å². The van der Waals surface area contributed by atoms with Crippen molar-refractivity contribution >= 4 is 11.9 Å². The van der Waals surface area contributed by atoms with Crippen molar-refractivity contribution in [3.8, 4) is 0 Å². The number of carbonyl (C=O) groups is 2. The third-order valence-corrected chi connectivity index (χ3v) is 4.27. The second-order valence-corrected chi connectivity index (χ2v) is 6.34. The summed E-state index contributed by atoms with van der Waals surface area (Å²) in [5, 5.41) is 2.56. The second-order valence-electron chi connectivity index (χ2n) is 6.34. The molecular formula is C19H16F3NO3. The monoisotopic (exact) mass is 363 g/mol. The molecule has 2 aromatic rings. The largest absolute Gasteiger partial charge is 0.445 e. The van der Waals surface area contributed by atoms with Crippen molar-refractivity contribution in [1.29, 1.82) is 0 Å². The minimum Gasteiger partial charge on any atom is -0.445 e. The fourth-order valence-corrected chi connectivity index (χ4v) is 2.89. The maximum atomic E-state index is 12.8. The molecule has 1 atom stereocenters. The molecule has 3 rings (SSSR count). The van der Waals surface area contributed by atoms with E-state index in [-0.39, 0.29) is 13.0 Å². The molecule has 4 nitrogen and oxygen atoms in total. The zero-order valence-electron chi connectivity index (χ0n) is 13.9. The van der Waals surface area contributed by atoms with Crippen LogP contribution in [-0.4, -0.2) is 17.5 Å². The van der Waals surface area contributed by atoms with E-state index in [2.05, 4.69) is 5.32 Å². The highest BCUT2D eigenvalue weighted by Crippen LogP contribution is 2.30. The Morgan fingerprint density at radius 2 is 1.92 bits per heavy atom. The van der Waals surface area contributed by atoms with Crippen LogP contribution in [0.3, 0.4) is 0 Å². The zero-order valence-corrected chi connectivity index (χ0v) is 13.9. The number of halogens is 3. The minimum atomic E-state index is -4.45. The number of ether oxygens (including phenoxy) is 1. The summed E-state index contributed by atoms with van der Waals surface area (Å²) in [7, 11) is 0. The van der Waals surface area contributed by atoms with Crippen LogP contribution in [0.25, 0.3) is 0 Å². The van der Waals surface area contributed by atoms with Crippen molar-refractivity contribution in [3.63, 3.8) is 0 Å². The fraction of sp³-hybridized carbons (Fsp3) is 0.263. The molecule has 7 heteroatoms. The summed E-state index contributed by atoms with van der Waals surface area (Å²) in [6, 6.07) is 11.5. The summed E-state index contributed by atoms with van der Waals surface area (Å²) in [4.78, 5) is 24.6. The minimum absolute atomic E-state index is 0.0997. The van der Waals surface area contributed by atoms with Crippen LogP contribution in [0.15, 0.2) is 48.5 Å². The average molecular weight is 363 g/mol. The van der Waals surface area contributed by atoms with E-state index in [1.54, 1.807) is 24.3 Å². The van der Waals surface area contributed by atoms with Gasteiger partial charge in [0.05, 0.1) is 11.1 Å². The van der Waals surface area contributed by atoms with Crippen LogP contribution < -0.4 is 5.32 Å². The molecule has 1 amide bonds. The van der Waals surface area contributed by atoms with Gasteiger partial charge in [-0.25, -0.2) is 4.79 Å². The van der Waals surface area contributed by atoms with Crippen LogP contribution in [0, 0.1) is 0 Å². The number of carbonyl (C=O) groups excluding carboxylic acids is 2. The van der Waals surface area contributed by atoms with Crippen LogP contribution in [0.4, 0.5) is 13.2 Å². The molecule has 0 aliphatic carbocycles. The number of esters is 1. The summed E-state index contributed by atoms with van der Waals surface area (Å²) in [6.07, 6.45) is -4.25. The first-order valence-corrected chi connectivity index (χ1v) is 7.95. The topological polar surface area (TPSA) is 55.4 Å². The number of hydrogen-bond acceptors (Lipinski definition) is 3. The first kappa shape index (κ1) is 18.0. The van der Waals surface area contributed by atoms with Crippen molar-refractivity contribution in [2.75, 3.05) is 0 Å². The molecule has 0 aromatic heterocycles. The van der Waals surface area contributed by atoms with Crippen LogP contribution in [0.2, 0.25) is 0 Å². The molecule has 0 fully saturated rings. The number of amides is 1. The highest BCUT2D eigenvalue weighted by Gasteiger charge is 2.42. The smallest absolute Gasteiger partial charge is 0.416 e. The number of nitrogens with one attached hydrogen (secondary N) is 1. The summed E-state index contributed by atoms with van der Waals surface area (Å²) < 4.78 is 43.6. The molecule has 0 radical (unpaired) electrons. The molecule has 0 spiro atoms. The van der Waals surface area contributed by atoms with E-state index in [9.17, 15) is 22.8 Å². The van der Waals surface area contributed by atoms with Crippen molar-refractivity contribution in [2.24, 2.45) is 0 Å². The van der Waals surface area contributed by atoms with Gasteiger partial charge < -0.3 is 10.1 Å². The molecular weight excluding hydrogens is 347 g/mol. The molecule has 0 saturated heterocycles. The lowest BCUT2D eigenvalue weighted by atomic mass is 9.89. The van der Waals surface area contributed by atoms with Gasteiger partial charge in [-0.3, -0.25) is 4.79 Å². The Bertz CT molecular complexity index is 863. The maximum Gasteiger partial charge on any atom is 0.416 e. The van der Waals surface area contributed by atoms with E-state index in [1.807, 2.05) is 0 Å². The number of fused-ring (bicyclic) bond motifs is 1. The molecule has 26 heavy (non-hydrogen) atoms. The van der Waals surface area contributed by atoms with Gasteiger partial charge in [0.1, 0.15) is 0 Å². The summed E-state index contributed by atoms with van der Waals surface area (Å²) in [6.45, 7) is 1.39. The van der Waals surface area contributed by atoms with E-state index in [0.29, 0.717) is 16.7 Å². The lowest BCUT2D eigenvalue weighted by Gasteiger charge is -2.33. The number of cyclic esters (lactones) is 1. The lowest BCUT2D eigenvalue weighted by Crippen LogP contribution is -2.51. The van der Waals surface area contributed by atoms with Crippen molar-refractivity contribution in [2.45, 2.75) is 31.7 Å². The Hall–Kier alpha value is -2.83. The van der Waals surface area contributed by atoms with Gasteiger partial charge in [0.2, 0.25) is 0 Å². The van der Waals surface area contributed by atoms with Gasteiger partial charge in [-0.05, 0) is 36.2 Å². The molecule has 1 N–H and O–H groups in total. The number of hydrogen-bond donors (Lipinski definition) is 1. The molecule has 1 unspecified atom stereocenters. The average Bonchev–Trinajstić information content (AvgIpc) is 2.59. The molecule has 1 heterocycles. The predicted molar refractivity (Wildman–Crippen MR) is 87.3 cm³/mol. The zero-order chi connectivity index (χ0) is 18.9. The normalized spacial score (nSPS) is 19.5. The van der Waals surface area contributed by atoms with Gasteiger partial charge in [-0.1, -0.05) is 30.3 Å². The Morgan fingerprint density at radius 1 is 1.19 bits per heavy atom. The maximum absolute atomic E-state index is 12.8. The Labute approximate surface area is 148 Å². The Balaban J connectivity index is 1.72. The van der Waals surface area contributed by atoms with Crippen molar-refractivity contribution in [3.05, 3.63) is 70.8 Å². The molecule has 0 saturated carbocycles. The third-order valence-electron chi connectivity index (χ3n) is 4.27. The molecule has 1 aliphatic heterocycles. The summed E-state index contributed by atoms with van der Waals surface area (Å²) >= 11 is 0. The first-order valence-electron chi connectivity index (χ1n) is 7.95. The Kier molecular flexibility index (Phi) is 4.48. The van der Waals surface area contributed by atoms with Gasteiger partial charge >= 0.3 is 12.1 Å². The van der Waals surface area contributed by atoms with Crippen LogP contribution in [0.1, 0.15) is 34.0 Å². The van der Waals surface area contributed by atoms with E-state index in [1.165, 1.54) is 19.1 Å². The molecule has 2 aromatic carbocycles. The van der Waals surface area contributed by atoms with E-state index in [0.717, 1.165) is 12.1 Å². The standard InChI is InChI=1S/C19H16F3NO3/c1-18(10-13-6-2-3-8-15(13)16(24)26-18)17(25)23-11-12-5-4-7-14(9-12)19(20,21)22/h2-9H,10-11H2,1H3,(H,23,25). The van der Waals surface area contributed by atoms with E-state index in [4.69, 9.17) is 4.74 Å². The fourth-order valence-electron chi connectivity index (χ4n) is 2.89. The third kappa shape index (κ3) is 3.56. The van der Waals surface area contributed by atoms with Gasteiger partial charge in [0.25, 0.3) is 5.91 Å². The molecule has 0 bridgehead atoms. The lowest BCUT2D eigenvalue weighted by molar-refractivity contribution is -0.140. The number of alkyl halides is 3. The van der Waals surface area contributed by atoms with Crippen molar-refractivity contribution in [1.82, 2.24) is 5.32 Å². The predicted octanol–water partition coefficient (Wildman–Crippen LogP) is 3.49. The van der Waals surface area contributed by atoms with Gasteiger partial charge in [0, 0.05) is 13.0 Å². The van der Waals surface area contributed by atoms with E-state index < -0.39 is 29.2 Å². The van der Waals surface area contributed by atoms with Crippen molar-refractivity contribution < 1.29 is 27.5 Å². The highest BCUT2D eigenvalue weighted by molar-refractivity contribution is 5.97. The first-order chi connectivity index (χ1) is 12.2. The van der Waals surface area contributed by atoms with Gasteiger partial charge in [0.15, 0.2) is 5.60 Å². The SMILES string of the molecule is CC1(C(=O)NCc2cccc(C(F)(F)F)c2)Cc2ccccc2C(=O)O1. The van der Waals surface area contributed by atoms with E-state index >= 15 is 0 Å². The molecule has 136 valence electrons. The quantitative estimate of drug-likeness (QED) is 0.850.